The lowest BCUT2D eigenvalue weighted by Gasteiger charge is -2.45. The maximum absolute atomic E-state index is 15.5. The lowest BCUT2D eigenvalue weighted by molar-refractivity contribution is 0.0217. The fourth-order valence-corrected chi connectivity index (χ4v) is 6.52. The van der Waals surface area contributed by atoms with Crippen molar-refractivity contribution in [2.45, 2.75) is 58.0 Å². The fourth-order valence-electron chi connectivity index (χ4n) is 6.52. The van der Waals surface area contributed by atoms with Crippen LogP contribution in [0, 0.1) is 17.0 Å². The van der Waals surface area contributed by atoms with Crippen LogP contribution in [0.3, 0.4) is 0 Å². The predicted molar refractivity (Wildman–Crippen MR) is 152 cm³/mol. The molecule has 0 spiro atoms. The molecule has 2 aliphatic heterocycles. The Kier molecular flexibility index (Phi) is 6.68. The number of likely N-dealkylation sites (tertiary alicyclic amines) is 1. The summed E-state index contributed by atoms with van der Waals surface area (Å²) >= 11 is 0. The largest absolute Gasteiger partial charge is 0.465 e. The van der Waals surface area contributed by atoms with Crippen LogP contribution in [0.5, 0.6) is 0 Å². The minimum atomic E-state index is -0.997. The van der Waals surface area contributed by atoms with E-state index in [1.54, 1.807) is 36.7 Å². The molecule has 6 rings (SSSR count). The lowest BCUT2D eigenvalue weighted by Crippen LogP contribution is -2.53. The molecule has 4 heterocycles. The number of rotatable bonds is 5. The summed E-state index contributed by atoms with van der Waals surface area (Å²) in [4.78, 5) is 29.0. The molecule has 8 nitrogen and oxygen atoms in total. The predicted octanol–water partition coefficient (Wildman–Crippen LogP) is 6.85. The number of carboxylic acid groups (broad SMARTS) is 1. The van der Waals surface area contributed by atoms with E-state index >= 15 is 8.78 Å². The van der Waals surface area contributed by atoms with Gasteiger partial charge in [0, 0.05) is 17.7 Å². The van der Waals surface area contributed by atoms with Crippen LogP contribution in [0.25, 0.3) is 33.6 Å². The van der Waals surface area contributed by atoms with Crippen molar-refractivity contribution < 1.29 is 18.7 Å². The number of carbonyl (C=O) groups is 1. The summed E-state index contributed by atoms with van der Waals surface area (Å²) in [6.07, 6.45) is 5.62. The number of aromatic amines is 2. The Hall–Kier alpha value is -4.05. The number of benzene rings is 2. The SMILES string of the molecule is CC(C)(C)[C@]1(c2ncc(-c3ccc(-c4ccc(-c5cnc([C@@H]6CCCN6)[nH]5)c(F)c4)cc3F)[nH]2)CCCN1C(=O)O. The van der Waals surface area contributed by atoms with Gasteiger partial charge >= 0.3 is 6.09 Å². The number of imidazole rings is 2. The molecule has 2 saturated heterocycles. The Bertz CT molecular complexity index is 1600. The molecule has 4 N–H and O–H groups in total. The molecule has 2 aliphatic rings. The fraction of sp³-hybridized carbons (Fsp3) is 0.387. The van der Waals surface area contributed by atoms with Gasteiger partial charge in [-0.2, -0.15) is 0 Å². The number of nitrogens with zero attached hydrogens (tertiary/aromatic N) is 3. The zero-order chi connectivity index (χ0) is 28.9. The molecule has 2 aromatic carbocycles. The number of hydrogen-bond donors (Lipinski definition) is 4. The van der Waals surface area contributed by atoms with Crippen molar-refractivity contribution in [1.82, 2.24) is 30.2 Å². The maximum atomic E-state index is 15.5. The molecule has 0 aliphatic carbocycles. The molecule has 0 unspecified atom stereocenters. The first-order valence-corrected chi connectivity index (χ1v) is 14.0. The van der Waals surface area contributed by atoms with Crippen molar-refractivity contribution >= 4 is 6.09 Å². The van der Waals surface area contributed by atoms with Crippen molar-refractivity contribution in [3.8, 4) is 33.6 Å². The lowest BCUT2D eigenvalue weighted by atomic mass is 9.71. The van der Waals surface area contributed by atoms with Crippen LogP contribution >= 0.6 is 0 Å². The van der Waals surface area contributed by atoms with E-state index in [9.17, 15) is 9.90 Å². The van der Waals surface area contributed by atoms with Gasteiger partial charge in [-0.1, -0.05) is 32.9 Å². The molecule has 2 fully saturated rings. The second-order valence-electron chi connectivity index (χ2n) is 12.0. The van der Waals surface area contributed by atoms with Gasteiger partial charge in [-0.15, -0.1) is 0 Å². The average Bonchev–Trinajstić information content (AvgIpc) is 3.73. The molecule has 10 heteroatoms. The van der Waals surface area contributed by atoms with Crippen molar-refractivity contribution in [2.75, 3.05) is 13.1 Å². The third-order valence-corrected chi connectivity index (χ3v) is 8.66. The first-order chi connectivity index (χ1) is 19.6. The smallest absolute Gasteiger partial charge is 0.408 e. The van der Waals surface area contributed by atoms with E-state index in [2.05, 4.69) is 25.3 Å². The molecule has 2 atom stereocenters. The van der Waals surface area contributed by atoms with Gasteiger partial charge in [0.25, 0.3) is 0 Å². The topological polar surface area (TPSA) is 110 Å². The molecule has 2 aromatic heterocycles. The van der Waals surface area contributed by atoms with Crippen LogP contribution in [-0.2, 0) is 5.54 Å². The molecule has 4 aromatic rings. The van der Waals surface area contributed by atoms with Gasteiger partial charge in [-0.3, -0.25) is 4.90 Å². The Labute approximate surface area is 237 Å². The molecule has 1 amide bonds. The van der Waals surface area contributed by atoms with E-state index < -0.39 is 28.7 Å². The Balaban J connectivity index is 1.27. The van der Waals surface area contributed by atoms with E-state index in [1.165, 1.54) is 17.0 Å². The number of halogens is 2. The normalized spacial score (nSPS) is 21.1. The first kappa shape index (κ1) is 27.1. The maximum Gasteiger partial charge on any atom is 0.408 e. The highest BCUT2D eigenvalue weighted by atomic mass is 19.1. The van der Waals surface area contributed by atoms with Crippen molar-refractivity contribution in [3.05, 3.63) is 72.1 Å². The molecule has 0 saturated carbocycles. The highest BCUT2D eigenvalue weighted by Gasteiger charge is 2.55. The minimum Gasteiger partial charge on any atom is -0.465 e. The van der Waals surface area contributed by atoms with Crippen LogP contribution in [0.4, 0.5) is 13.6 Å². The molecule has 0 bridgehead atoms. The van der Waals surface area contributed by atoms with Crippen LogP contribution in [0.15, 0.2) is 48.8 Å². The Morgan fingerprint density at radius 1 is 0.976 bits per heavy atom. The summed E-state index contributed by atoms with van der Waals surface area (Å²) in [5.41, 5.74) is 1.56. The Morgan fingerprint density at radius 3 is 2.17 bits per heavy atom. The zero-order valence-corrected chi connectivity index (χ0v) is 23.4. The zero-order valence-electron chi connectivity index (χ0n) is 23.4. The van der Waals surface area contributed by atoms with Gasteiger partial charge in [-0.25, -0.2) is 23.5 Å². The van der Waals surface area contributed by atoms with E-state index in [4.69, 9.17) is 0 Å². The highest BCUT2D eigenvalue weighted by molar-refractivity contribution is 5.72. The van der Waals surface area contributed by atoms with E-state index in [-0.39, 0.29) is 6.04 Å². The van der Waals surface area contributed by atoms with Crippen LogP contribution < -0.4 is 5.32 Å². The summed E-state index contributed by atoms with van der Waals surface area (Å²) in [5.74, 6) is 0.395. The molecule has 0 radical (unpaired) electrons. The van der Waals surface area contributed by atoms with Gasteiger partial charge in [0.2, 0.25) is 0 Å². The first-order valence-electron chi connectivity index (χ1n) is 14.0. The van der Waals surface area contributed by atoms with Gasteiger partial charge in [0.15, 0.2) is 0 Å². The average molecular weight is 561 g/mol. The molecule has 214 valence electrons. The second kappa shape index (κ2) is 10.1. The third kappa shape index (κ3) is 4.60. The number of hydrogen-bond acceptors (Lipinski definition) is 4. The number of H-pyrrole nitrogens is 2. The quantitative estimate of drug-likeness (QED) is 0.213. The monoisotopic (exact) mass is 560 g/mol. The van der Waals surface area contributed by atoms with E-state index in [0.29, 0.717) is 52.4 Å². The highest BCUT2D eigenvalue weighted by Crippen LogP contribution is 2.50. The van der Waals surface area contributed by atoms with Crippen molar-refractivity contribution in [3.63, 3.8) is 0 Å². The van der Waals surface area contributed by atoms with Gasteiger partial charge in [0.1, 0.15) is 28.8 Å². The second-order valence-corrected chi connectivity index (χ2v) is 12.0. The van der Waals surface area contributed by atoms with Crippen LogP contribution in [-0.4, -0.2) is 49.1 Å². The minimum absolute atomic E-state index is 0.159. The standard InChI is InChI=1S/C31H34F2N6O2/c1-30(2,3)31(11-5-13-39(31)29(40)41)28-36-17-26(38-28)21-10-8-19(15-23(21)33)18-7-9-20(22(32)14-18)25-16-35-27(37-25)24-6-4-12-34-24/h7-10,14-17,24,34H,4-6,11-13H2,1-3H3,(H,35,37)(H,36,38)(H,40,41)/t24-,31+/m0/s1. The van der Waals surface area contributed by atoms with E-state index in [1.807, 2.05) is 20.8 Å². The third-order valence-electron chi connectivity index (χ3n) is 8.66. The molecular formula is C31H34F2N6O2. The Morgan fingerprint density at radius 2 is 1.61 bits per heavy atom. The van der Waals surface area contributed by atoms with Crippen molar-refractivity contribution in [2.24, 2.45) is 5.41 Å². The molecular weight excluding hydrogens is 526 g/mol. The summed E-state index contributed by atoms with van der Waals surface area (Å²) in [6.45, 7) is 7.35. The van der Waals surface area contributed by atoms with Gasteiger partial charge in [0.05, 0.1) is 29.8 Å². The van der Waals surface area contributed by atoms with Crippen molar-refractivity contribution in [1.29, 1.82) is 0 Å². The van der Waals surface area contributed by atoms with E-state index in [0.717, 1.165) is 31.6 Å². The summed E-state index contributed by atoms with van der Waals surface area (Å²) < 4.78 is 30.7. The summed E-state index contributed by atoms with van der Waals surface area (Å²) in [6, 6.07) is 9.76. The van der Waals surface area contributed by atoms with Gasteiger partial charge < -0.3 is 20.4 Å². The number of amides is 1. The van der Waals surface area contributed by atoms with Crippen LogP contribution in [0.1, 0.15) is 64.1 Å². The van der Waals surface area contributed by atoms with Gasteiger partial charge in [-0.05, 0) is 73.0 Å². The number of nitrogens with one attached hydrogen (secondary N) is 3. The summed E-state index contributed by atoms with van der Waals surface area (Å²) in [7, 11) is 0. The molecule has 41 heavy (non-hydrogen) atoms. The number of aromatic nitrogens is 4. The summed E-state index contributed by atoms with van der Waals surface area (Å²) in [5, 5.41) is 13.3. The van der Waals surface area contributed by atoms with Crippen LogP contribution in [0.2, 0.25) is 0 Å².